The van der Waals surface area contributed by atoms with E-state index in [2.05, 4.69) is 15.1 Å². The number of rotatable bonds is 2. The van der Waals surface area contributed by atoms with Crippen molar-refractivity contribution < 1.29 is 4.39 Å². The summed E-state index contributed by atoms with van der Waals surface area (Å²) >= 11 is 0. The molecule has 0 aliphatic carbocycles. The van der Waals surface area contributed by atoms with Gasteiger partial charge in [-0.25, -0.2) is 19.0 Å². The average Bonchev–Trinajstić information content (AvgIpc) is 2.80. The molecule has 19 heavy (non-hydrogen) atoms. The number of nitrogens with zero attached hydrogens (tertiary/aromatic N) is 5. The minimum atomic E-state index is -0.312. The van der Waals surface area contributed by atoms with Crippen LogP contribution < -0.4 is 0 Å². The monoisotopic (exact) mass is 253 g/mol. The van der Waals surface area contributed by atoms with Crippen molar-refractivity contribution in [2.45, 2.75) is 6.54 Å². The Morgan fingerprint density at radius 2 is 2.00 bits per heavy atom. The topological polar surface area (TPSA) is 67.4 Å². The van der Waals surface area contributed by atoms with Crippen LogP contribution in [0.25, 0.3) is 11.2 Å². The average molecular weight is 253 g/mol. The molecule has 0 spiro atoms. The van der Waals surface area contributed by atoms with Crippen molar-refractivity contribution in [1.82, 2.24) is 19.7 Å². The summed E-state index contributed by atoms with van der Waals surface area (Å²) in [5, 5.41) is 13.1. The number of benzene rings is 1. The molecule has 0 fully saturated rings. The Morgan fingerprint density at radius 3 is 2.79 bits per heavy atom. The van der Waals surface area contributed by atoms with Crippen molar-refractivity contribution >= 4 is 11.2 Å². The van der Waals surface area contributed by atoms with Gasteiger partial charge in [0.15, 0.2) is 11.3 Å². The van der Waals surface area contributed by atoms with Gasteiger partial charge in [0.25, 0.3) is 0 Å². The van der Waals surface area contributed by atoms with E-state index in [1.54, 1.807) is 18.2 Å². The molecule has 3 aromatic rings. The molecule has 5 nitrogen and oxygen atoms in total. The van der Waals surface area contributed by atoms with Crippen LogP contribution in [0.1, 0.15) is 11.3 Å². The van der Waals surface area contributed by atoms with Crippen molar-refractivity contribution in [2.24, 2.45) is 0 Å². The van der Waals surface area contributed by atoms with Gasteiger partial charge in [0.05, 0.1) is 6.54 Å². The third kappa shape index (κ3) is 1.91. The van der Waals surface area contributed by atoms with E-state index >= 15 is 0 Å². The zero-order valence-electron chi connectivity index (χ0n) is 9.79. The maximum Gasteiger partial charge on any atom is 0.190 e. The standard InChI is InChI=1S/C13H8FN5/c14-10-4-2-1-3-9(10)8-19-13-12(11(7-15)18-19)16-5-6-17-13/h1-6H,8H2. The molecule has 0 amide bonds. The van der Waals surface area contributed by atoms with E-state index in [0.29, 0.717) is 16.7 Å². The van der Waals surface area contributed by atoms with Gasteiger partial charge in [0.1, 0.15) is 17.4 Å². The summed E-state index contributed by atoms with van der Waals surface area (Å²) in [7, 11) is 0. The maximum atomic E-state index is 13.6. The Bertz CT molecular complexity index is 787. The number of hydrogen-bond acceptors (Lipinski definition) is 4. The lowest BCUT2D eigenvalue weighted by Gasteiger charge is -2.03. The van der Waals surface area contributed by atoms with Gasteiger partial charge in [-0.2, -0.15) is 10.4 Å². The molecule has 3 rings (SSSR count). The van der Waals surface area contributed by atoms with Crippen LogP contribution in [0.3, 0.4) is 0 Å². The summed E-state index contributed by atoms with van der Waals surface area (Å²) in [5.74, 6) is -0.312. The van der Waals surface area contributed by atoms with Gasteiger partial charge in [-0.15, -0.1) is 0 Å². The van der Waals surface area contributed by atoms with E-state index in [-0.39, 0.29) is 18.1 Å². The predicted octanol–water partition coefficient (Wildman–Crippen LogP) is 1.89. The van der Waals surface area contributed by atoms with Crippen LogP contribution in [0.15, 0.2) is 36.7 Å². The Morgan fingerprint density at radius 1 is 1.21 bits per heavy atom. The van der Waals surface area contributed by atoms with E-state index in [1.165, 1.54) is 23.1 Å². The molecular formula is C13H8FN5. The number of halogens is 1. The highest BCUT2D eigenvalue weighted by Gasteiger charge is 2.13. The lowest BCUT2D eigenvalue weighted by Crippen LogP contribution is -2.04. The number of fused-ring (bicyclic) bond motifs is 1. The van der Waals surface area contributed by atoms with Crippen molar-refractivity contribution in [1.29, 1.82) is 5.26 Å². The van der Waals surface area contributed by atoms with Crippen LogP contribution in [-0.4, -0.2) is 19.7 Å². The fourth-order valence-electron chi connectivity index (χ4n) is 1.88. The third-order valence-electron chi connectivity index (χ3n) is 2.75. The van der Waals surface area contributed by atoms with Crippen LogP contribution in [0.5, 0.6) is 0 Å². The molecule has 0 saturated carbocycles. The number of aromatic nitrogens is 4. The maximum absolute atomic E-state index is 13.6. The fourth-order valence-corrected chi connectivity index (χ4v) is 1.88. The second-order valence-electron chi connectivity index (χ2n) is 3.94. The molecule has 2 aromatic heterocycles. The predicted molar refractivity (Wildman–Crippen MR) is 65.5 cm³/mol. The van der Waals surface area contributed by atoms with Crippen LogP contribution >= 0.6 is 0 Å². The molecule has 0 unspecified atom stereocenters. The molecule has 6 heteroatoms. The first kappa shape index (κ1) is 11.3. The quantitative estimate of drug-likeness (QED) is 0.699. The summed E-state index contributed by atoms with van der Waals surface area (Å²) in [4.78, 5) is 8.21. The van der Waals surface area contributed by atoms with Gasteiger partial charge in [0, 0.05) is 18.0 Å². The van der Waals surface area contributed by atoms with Crippen molar-refractivity contribution in [3.8, 4) is 6.07 Å². The van der Waals surface area contributed by atoms with Gasteiger partial charge in [0.2, 0.25) is 0 Å². The highest BCUT2D eigenvalue weighted by atomic mass is 19.1. The molecule has 0 radical (unpaired) electrons. The molecule has 0 aliphatic rings. The van der Waals surface area contributed by atoms with E-state index in [4.69, 9.17) is 5.26 Å². The van der Waals surface area contributed by atoms with Crippen LogP contribution in [0.4, 0.5) is 4.39 Å². The minimum Gasteiger partial charge on any atom is -0.248 e. The molecule has 0 saturated heterocycles. The van der Waals surface area contributed by atoms with E-state index in [0.717, 1.165) is 0 Å². The highest BCUT2D eigenvalue weighted by molar-refractivity contribution is 5.75. The van der Waals surface area contributed by atoms with Crippen molar-refractivity contribution in [3.05, 3.63) is 53.7 Å². The SMILES string of the molecule is N#Cc1nn(Cc2ccccc2F)c2nccnc12. The van der Waals surface area contributed by atoms with E-state index < -0.39 is 0 Å². The Balaban J connectivity index is 2.12. The van der Waals surface area contributed by atoms with Gasteiger partial charge < -0.3 is 0 Å². The lowest BCUT2D eigenvalue weighted by atomic mass is 10.2. The van der Waals surface area contributed by atoms with Gasteiger partial charge in [-0.05, 0) is 6.07 Å². The highest BCUT2D eigenvalue weighted by Crippen LogP contribution is 2.15. The van der Waals surface area contributed by atoms with Gasteiger partial charge in [-0.3, -0.25) is 0 Å². The van der Waals surface area contributed by atoms with Gasteiger partial charge >= 0.3 is 0 Å². The first-order chi connectivity index (χ1) is 9.29. The second-order valence-corrected chi connectivity index (χ2v) is 3.94. The number of nitriles is 1. The normalized spacial score (nSPS) is 10.5. The smallest absolute Gasteiger partial charge is 0.190 e. The Hall–Kier alpha value is -2.81. The Labute approximate surface area is 108 Å². The van der Waals surface area contributed by atoms with Crippen LogP contribution in [0, 0.1) is 17.1 Å². The van der Waals surface area contributed by atoms with E-state index in [9.17, 15) is 4.39 Å². The molecule has 0 atom stereocenters. The van der Waals surface area contributed by atoms with E-state index in [1.807, 2.05) is 6.07 Å². The molecule has 0 N–H and O–H groups in total. The second kappa shape index (κ2) is 4.46. The van der Waals surface area contributed by atoms with Crippen molar-refractivity contribution in [2.75, 3.05) is 0 Å². The molecular weight excluding hydrogens is 245 g/mol. The van der Waals surface area contributed by atoms with Crippen LogP contribution in [-0.2, 0) is 6.54 Å². The molecule has 92 valence electrons. The zero-order valence-corrected chi connectivity index (χ0v) is 9.79. The first-order valence-electron chi connectivity index (χ1n) is 5.60. The summed E-state index contributed by atoms with van der Waals surface area (Å²) < 4.78 is 15.1. The fraction of sp³-hybridized carbons (Fsp3) is 0.0769. The molecule has 1 aromatic carbocycles. The summed E-state index contributed by atoms with van der Waals surface area (Å²) in [6.07, 6.45) is 3.02. The van der Waals surface area contributed by atoms with Crippen molar-refractivity contribution in [3.63, 3.8) is 0 Å². The summed E-state index contributed by atoms with van der Waals surface area (Å²) in [6.45, 7) is 0.212. The lowest BCUT2D eigenvalue weighted by molar-refractivity contribution is 0.588. The molecule has 0 bridgehead atoms. The Kier molecular flexibility index (Phi) is 2.65. The van der Waals surface area contributed by atoms with Gasteiger partial charge in [-0.1, -0.05) is 18.2 Å². The largest absolute Gasteiger partial charge is 0.248 e. The third-order valence-corrected chi connectivity index (χ3v) is 2.75. The molecule has 0 aliphatic heterocycles. The summed E-state index contributed by atoms with van der Waals surface area (Å²) in [6, 6.07) is 8.40. The zero-order chi connectivity index (χ0) is 13.2. The minimum absolute atomic E-state index is 0.194. The molecule has 2 heterocycles. The first-order valence-corrected chi connectivity index (χ1v) is 5.60. The summed E-state index contributed by atoms with van der Waals surface area (Å²) in [5.41, 5.74) is 1.59. The number of hydrogen-bond donors (Lipinski definition) is 0. The van der Waals surface area contributed by atoms with Crippen LogP contribution in [0.2, 0.25) is 0 Å².